The van der Waals surface area contributed by atoms with Crippen molar-refractivity contribution in [3.8, 4) is 0 Å². The minimum absolute atomic E-state index is 0.713. The summed E-state index contributed by atoms with van der Waals surface area (Å²) in [7, 11) is 0. The second-order valence-corrected chi connectivity index (χ2v) is 6.75. The van der Waals surface area contributed by atoms with Gasteiger partial charge in [0.1, 0.15) is 0 Å². The number of hydrogen-bond donors (Lipinski definition) is 1. The maximum atomic E-state index is 5.99. The van der Waals surface area contributed by atoms with E-state index < -0.39 is 0 Å². The number of rotatable bonds is 5. The molecule has 0 amide bonds. The Balaban J connectivity index is 1.68. The fraction of sp³-hybridized carbons (Fsp3) is 0.625. The zero-order valence-corrected chi connectivity index (χ0v) is 13.1. The van der Waals surface area contributed by atoms with Crippen molar-refractivity contribution in [3.05, 3.63) is 33.8 Å². The normalized spacial score (nSPS) is 23.5. The predicted octanol–water partition coefficient (Wildman–Crippen LogP) is 5.30. The van der Waals surface area contributed by atoms with E-state index in [1.165, 1.54) is 32.1 Å². The van der Waals surface area contributed by atoms with Crippen molar-refractivity contribution < 1.29 is 0 Å². The molecule has 0 spiro atoms. The van der Waals surface area contributed by atoms with E-state index in [-0.39, 0.29) is 0 Å². The van der Waals surface area contributed by atoms with Crippen LogP contribution in [0, 0.1) is 11.8 Å². The monoisotopic (exact) mass is 299 g/mol. The van der Waals surface area contributed by atoms with Crippen LogP contribution in [0.3, 0.4) is 0 Å². The van der Waals surface area contributed by atoms with Crippen LogP contribution in [0.15, 0.2) is 18.2 Å². The lowest BCUT2D eigenvalue weighted by Gasteiger charge is -2.26. The van der Waals surface area contributed by atoms with E-state index in [2.05, 4.69) is 12.2 Å². The molecule has 0 heterocycles. The Hall–Kier alpha value is -0.240. The minimum atomic E-state index is 0.713. The molecule has 0 aliphatic heterocycles. The summed E-state index contributed by atoms with van der Waals surface area (Å²) in [5, 5.41) is 4.93. The molecule has 2 rings (SSSR count). The molecule has 1 aromatic carbocycles. The molecule has 1 aromatic rings. The minimum Gasteiger partial charge on any atom is -0.313 e. The van der Waals surface area contributed by atoms with Gasteiger partial charge in [0.15, 0.2) is 0 Å². The fourth-order valence-corrected chi connectivity index (χ4v) is 3.65. The van der Waals surface area contributed by atoms with Crippen molar-refractivity contribution in [2.75, 3.05) is 6.54 Å². The Morgan fingerprint density at radius 2 is 1.89 bits per heavy atom. The average Bonchev–Trinajstić information content (AvgIpc) is 2.34. The number of nitrogens with one attached hydrogen (secondary N) is 1. The molecule has 0 aromatic heterocycles. The van der Waals surface area contributed by atoms with Gasteiger partial charge >= 0.3 is 0 Å². The summed E-state index contributed by atoms with van der Waals surface area (Å²) < 4.78 is 0. The van der Waals surface area contributed by atoms with Gasteiger partial charge in [0, 0.05) is 16.6 Å². The van der Waals surface area contributed by atoms with Crippen LogP contribution >= 0.6 is 23.2 Å². The van der Waals surface area contributed by atoms with Crippen LogP contribution in [0.1, 0.15) is 44.6 Å². The molecule has 1 aliphatic carbocycles. The molecule has 2 atom stereocenters. The Morgan fingerprint density at radius 1 is 1.16 bits per heavy atom. The lowest BCUT2D eigenvalue weighted by atomic mass is 9.81. The van der Waals surface area contributed by atoms with E-state index in [1.54, 1.807) is 6.07 Å². The van der Waals surface area contributed by atoms with E-state index in [0.717, 1.165) is 30.5 Å². The summed E-state index contributed by atoms with van der Waals surface area (Å²) in [5.74, 6) is 1.84. The van der Waals surface area contributed by atoms with Crippen LogP contribution in [0.25, 0.3) is 0 Å². The maximum absolute atomic E-state index is 5.99. The Bertz CT molecular complexity index is 385. The third-order valence-electron chi connectivity index (χ3n) is 4.03. The largest absolute Gasteiger partial charge is 0.313 e. The first kappa shape index (κ1) is 15.2. The third kappa shape index (κ3) is 5.33. The van der Waals surface area contributed by atoms with Gasteiger partial charge in [-0.3, -0.25) is 0 Å². The van der Waals surface area contributed by atoms with Crippen LogP contribution in [0.2, 0.25) is 10.0 Å². The fourth-order valence-electron chi connectivity index (χ4n) is 3.07. The summed E-state index contributed by atoms with van der Waals surface area (Å²) in [5.41, 5.74) is 1.16. The molecule has 106 valence electrons. The van der Waals surface area contributed by atoms with E-state index in [1.807, 2.05) is 12.1 Å². The molecule has 0 bridgehead atoms. The van der Waals surface area contributed by atoms with Crippen molar-refractivity contribution in [1.82, 2.24) is 5.32 Å². The Morgan fingerprint density at radius 3 is 2.58 bits per heavy atom. The molecule has 1 fully saturated rings. The van der Waals surface area contributed by atoms with Gasteiger partial charge in [0.2, 0.25) is 0 Å². The lowest BCUT2D eigenvalue weighted by Crippen LogP contribution is -2.21. The van der Waals surface area contributed by atoms with Gasteiger partial charge in [0.25, 0.3) is 0 Å². The van der Waals surface area contributed by atoms with Gasteiger partial charge in [0.05, 0.1) is 0 Å². The summed E-state index contributed by atoms with van der Waals surface area (Å²) >= 11 is 12.0. The summed E-state index contributed by atoms with van der Waals surface area (Å²) in [6, 6.07) is 5.72. The van der Waals surface area contributed by atoms with E-state index >= 15 is 0 Å². The molecule has 0 radical (unpaired) electrons. The molecular formula is C16H23Cl2N. The van der Waals surface area contributed by atoms with Crippen molar-refractivity contribution in [2.24, 2.45) is 11.8 Å². The SMILES string of the molecule is CC1CCCC(CCNCc2cc(Cl)cc(Cl)c2)C1. The van der Waals surface area contributed by atoms with Crippen molar-refractivity contribution in [3.63, 3.8) is 0 Å². The van der Waals surface area contributed by atoms with E-state index in [4.69, 9.17) is 23.2 Å². The average molecular weight is 300 g/mol. The van der Waals surface area contributed by atoms with E-state index in [0.29, 0.717) is 10.0 Å². The smallest absolute Gasteiger partial charge is 0.0424 e. The van der Waals surface area contributed by atoms with Crippen LogP contribution < -0.4 is 5.32 Å². The summed E-state index contributed by atoms with van der Waals surface area (Å²) in [4.78, 5) is 0. The first-order valence-electron chi connectivity index (χ1n) is 7.29. The highest BCUT2D eigenvalue weighted by atomic mass is 35.5. The second kappa shape index (κ2) is 7.52. The van der Waals surface area contributed by atoms with Crippen LogP contribution in [0.5, 0.6) is 0 Å². The maximum Gasteiger partial charge on any atom is 0.0424 e. The molecule has 19 heavy (non-hydrogen) atoms. The molecule has 3 heteroatoms. The predicted molar refractivity (Wildman–Crippen MR) is 83.9 cm³/mol. The first-order chi connectivity index (χ1) is 9.13. The topological polar surface area (TPSA) is 12.0 Å². The molecule has 2 unspecified atom stereocenters. The summed E-state index contributed by atoms with van der Waals surface area (Å²) in [6.45, 7) is 4.32. The van der Waals surface area contributed by atoms with Crippen molar-refractivity contribution in [1.29, 1.82) is 0 Å². The quantitative estimate of drug-likeness (QED) is 0.728. The Kier molecular flexibility index (Phi) is 6.00. The van der Waals surface area contributed by atoms with Gasteiger partial charge in [-0.25, -0.2) is 0 Å². The third-order valence-corrected chi connectivity index (χ3v) is 4.46. The first-order valence-corrected chi connectivity index (χ1v) is 8.05. The molecule has 1 saturated carbocycles. The molecule has 1 aliphatic rings. The van der Waals surface area contributed by atoms with Crippen LogP contribution in [-0.2, 0) is 6.54 Å². The summed E-state index contributed by atoms with van der Waals surface area (Å²) in [6.07, 6.45) is 6.94. The van der Waals surface area contributed by atoms with Gasteiger partial charge in [-0.2, -0.15) is 0 Å². The molecule has 1 nitrogen and oxygen atoms in total. The Labute approximate surface area is 126 Å². The van der Waals surface area contributed by atoms with Crippen molar-refractivity contribution >= 4 is 23.2 Å². The van der Waals surface area contributed by atoms with Gasteiger partial charge in [-0.1, -0.05) is 49.4 Å². The highest BCUT2D eigenvalue weighted by Gasteiger charge is 2.17. The molecule has 1 N–H and O–H groups in total. The lowest BCUT2D eigenvalue weighted by molar-refractivity contribution is 0.267. The van der Waals surface area contributed by atoms with Crippen LogP contribution in [0.4, 0.5) is 0 Å². The highest BCUT2D eigenvalue weighted by Crippen LogP contribution is 2.30. The van der Waals surface area contributed by atoms with Gasteiger partial charge in [-0.15, -0.1) is 0 Å². The second-order valence-electron chi connectivity index (χ2n) is 5.88. The van der Waals surface area contributed by atoms with Crippen molar-refractivity contribution in [2.45, 2.75) is 45.6 Å². The number of halogens is 2. The van der Waals surface area contributed by atoms with E-state index in [9.17, 15) is 0 Å². The molecular weight excluding hydrogens is 277 g/mol. The van der Waals surface area contributed by atoms with Gasteiger partial charge in [-0.05, 0) is 55.0 Å². The standard InChI is InChI=1S/C16H23Cl2N/c1-12-3-2-4-13(7-12)5-6-19-11-14-8-15(17)10-16(18)9-14/h8-10,12-13,19H,2-7,11H2,1H3. The van der Waals surface area contributed by atoms with Gasteiger partial charge < -0.3 is 5.32 Å². The highest BCUT2D eigenvalue weighted by molar-refractivity contribution is 6.34. The molecule has 0 saturated heterocycles. The zero-order valence-electron chi connectivity index (χ0n) is 11.6. The van der Waals surface area contributed by atoms with Crippen LogP contribution in [-0.4, -0.2) is 6.54 Å². The number of benzene rings is 1. The zero-order chi connectivity index (χ0) is 13.7. The number of hydrogen-bond acceptors (Lipinski definition) is 1.